The second-order valence-electron chi connectivity index (χ2n) is 6.41. The number of halogens is 1. The van der Waals surface area contributed by atoms with Gasteiger partial charge in [-0.3, -0.25) is 4.79 Å². The molecular formula is C23H21BrN2O2. The van der Waals surface area contributed by atoms with E-state index in [-0.39, 0.29) is 5.91 Å². The Balaban J connectivity index is 1.56. The lowest BCUT2D eigenvalue weighted by Gasteiger charge is -2.09. The normalized spacial score (nSPS) is 10.8. The van der Waals surface area contributed by atoms with Gasteiger partial charge in [0.05, 0.1) is 12.6 Å². The van der Waals surface area contributed by atoms with Gasteiger partial charge in [0.1, 0.15) is 12.4 Å². The van der Waals surface area contributed by atoms with Crippen molar-refractivity contribution in [2.45, 2.75) is 20.0 Å². The van der Waals surface area contributed by atoms with E-state index in [4.69, 9.17) is 4.74 Å². The van der Waals surface area contributed by atoms with Gasteiger partial charge in [-0.1, -0.05) is 70.0 Å². The van der Waals surface area contributed by atoms with Gasteiger partial charge in [0.25, 0.3) is 0 Å². The van der Waals surface area contributed by atoms with Crippen LogP contribution >= 0.6 is 15.9 Å². The molecule has 5 heteroatoms. The van der Waals surface area contributed by atoms with E-state index >= 15 is 0 Å². The quantitative estimate of drug-likeness (QED) is 0.417. The number of amides is 1. The van der Waals surface area contributed by atoms with Crippen LogP contribution in [0.5, 0.6) is 5.75 Å². The summed E-state index contributed by atoms with van der Waals surface area (Å²) in [5, 5.41) is 4.07. The summed E-state index contributed by atoms with van der Waals surface area (Å²) in [7, 11) is 0. The Morgan fingerprint density at radius 2 is 1.68 bits per heavy atom. The molecule has 0 atom stereocenters. The van der Waals surface area contributed by atoms with Crippen molar-refractivity contribution in [2.75, 3.05) is 0 Å². The Labute approximate surface area is 173 Å². The molecule has 0 radical (unpaired) electrons. The average molecular weight is 437 g/mol. The first-order chi connectivity index (χ1) is 13.6. The zero-order chi connectivity index (χ0) is 19.8. The molecule has 0 aliphatic rings. The number of aryl methyl sites for hydroxylation is 1. The number of nitrogens with zero attached hydrogens (tertiary/aromatic N) is 1. The molecule has 0 saturated heterocycles. The first-order valence-corrected chi connectivity index (χ1v) is 9.73. The SMILES string of the molecule is Cc1ccc(CC(=O)N/N=C/c2ccccc2OCc2ccc(Br)cc2)cc1. The van der Waals surface area contributed by atoms with Gasteiger partial charge in [0.15, 0.2) is 0 Å². The zero-order valence-corrected chi connectivity index (χ0v) is 17.1. The van der Waals surface area contributed by atoms with Crippen molar-refractivity contribution in [3.63, 3.8) is 0 Å². The number of benzene rings is 3. The van der Waals surface area contributed by atoms with E-state index < -0.39 is 0 Å². The Morgan fingerprint density at radius 1 is 1.00 bits per heavy atom. The fraction of sp³-hybridized carbons (Fsp3) is 0.130. The highest BCUT2D eigenvalue weighted by molar-refractivity contribution is 9.10. The summed E-state index contributed by atoms with van der Waals surface area (Å²) in [5.41, 5.74) is 6.57. The maximum absolute atomic E-state index is 12.1. The summed E-state index contributed by atoms with van der Waals surface area (Å²) in [6.45, 7) is 2.47. The van der Waals surface area contributed by atoms with Crippen LogP contribution in [0.15, 0.2) is 82.4 Å². The van der Waals surface area contributed by atoms with Crippen LogP contribution in [0.3, 0.4) is 0 Å². The van der Waals surface area contributed by atoms with Gasteiger partial charge in [-0.25, -0.2) is 5.43 Å². The molecule has 1 amide bonds. The summed E-state index contributed by atoms with van der Waals surface area (Å²) in [6, 6.07) is 23.4. The number of hydrogen-bond acceptors (Lipinski definition) is 3. The van der Waals surface area contributed by atoms with Crippen molar-refractivity contribution in [3.05, 3.63) is 99.5 Å². The summed E-state index contributed by atoms with van der Waals surface area (Å²) in [6.07, 6.45) is 1.89. The van der Waals surface area contributed by atoms with Crippen LogP contribution in [0.2, 0.25) is 0 Å². The number of hydrazone groups is 1. The van der Waals surface area contributed by atoms with Gasteiger partial charge < -0.3 is 4.74 Å². The highest BCUT2D eigenvalue weighted by Gasteiger charge is 2.04. The third-order valence-corrected chi connectivity index (χ3v) is 4.63. The summed E-state index contributed by atoms with van der Waals surface area (Å²) in [5.74, 6) is 0.551. The molecule has 0 aliphatic carbocycles. The molecule has 3 aromatic rings. The Bertz CT molecular complexity index is 951. The summed E-state index contributed by atoms with van der Waals surface area (Å²) < 4.78 is 6.94. The van der Waals surface area contributed by atoms with Gasteiger partial charge in [-0.15, -0.1) is 0 Å². The maximum Gasteiger partial charge on any atom is 0.244 e. The van der Waals surface area contributed by atoms with E-state index in [0.717, 1.165) is 21.2 Å². The van der Waals surface area contributed by atoms with Crippen molar-refractivity contribution in [2.24, 2.45) is 5.10 Å². The van der Waals surface area contributed by atoms with Crippen molar-refractivity contribution >= 4 is 28.1 Å². The van der Waals surface area contributed by atoms with E-state index in [9.17, 15) is 4.79 Å². The van der Waals surface area contributed by atoms with E-state index in [0.29, 0.717) is 18.8 Å². The average Bonchev–Trinajstić information content (AvgIpc) is 2.70. The molecule has 0 heterocycles. The lowest BCUT2D eigenvalue weighted by atomic mass is 10.1. The highest BCUT2D eigenvalue weighted by Crippen LogP contribution is 2.18. The minimum Gasteiger partial charge on any atom is -0.488 e. The molecule has 0 aliphatic heterocycles. The summed E-state index contributed by atoms with van der Waals surface area (Å²) in [4.78, 5) is 12.1. The largest absolute Gasteiger partial charge is 0.488 e. The Kier molecular flexibility index (Phi) is 6.98. The van der Waals surface area contributed by atoms with Crippen molar-refractivity contribution < 1.29 is 9.53 Å². The molecule has 3 aromatic carbocycles. The van der Waals surface area contributed by atoms with E-state index in [1.807, 2.05) is 79.7 Å². The molecule has 0 bridgehead atoms. The van der Waals surface area contributed by atoms with Crippen LogP contribution in [-0.4, -0.2) is 12.1 Å². The lowest BCUT2D eigenvalue weighted by Crippen LogP contribution is -2.19. The fourth-order valence-electron chi connectivity index (χ4n) is 2.57. The van der Waals surface area contributed by atoms with Crippen LogP contribution < -0.4 is 10.2 Å². The molecule has 4 nitrogen and oxygen atoms in total. The molecule has 0 saturated carbocycles. The maximum atomic E-state index is 12.1. The minimum absolute atomic E-state index is 0.159. The Hall–Kier alpha value is -2.92. The second-order valence-corrected chi connectivity index (χ2v) is 7.32. The zero-order valence-electron chi connectivity index (χ0n) is 15.6. The number of hydrogen-bond donors (Lipinski definition) is 1. The molecule has 1 N–H and O–H groups in total. The van der Waals surface area contributed by atoms with E-state index in [1.54, 1.807) is 6.21 Å². The van der Waals surface area contributed by atoms with E-state index in [2.05, 4.69) is 26.5 Å². The third-order valence-electron chi connectivity index (χ3n) is 4.10. The molecule has 0 spiro atoms. The van der Waals surface area contributed by atoms with E-state index in [1.165, 1.54) is 5.56 Å². The minimum atomic E-state index is -0.159. The summed E-state index contributed by atoms with van der Waals surface area (Å²) >= 11 is 3.42. The number of nitrogens with one attached hydrogen (secondary N) is 1. The van der Waals surface area contributed by atoms with Gasteiger partial charge in [-0.2, -0.15) is 5.10 Å². The third kappa shape index (κ3) is 6.06. The van der Waals surface area contributed by atoms with Crippen LogP contribution in [0.25, 0.3) is 0 Å². The molecule has 0 fully saturated rings. The van der Waals surface area contributed by atoms with Gasteiger partial charge in [0.2, 0.25) is 5.91 Å². The highest BCUT2D eigenvalue weighted by atomic mass is 79.9. The molecule has 0 unspecified atom stereocenters. The predicted octanol–water partition coefficient (Wildman–Crippen LogP) is 5.03. The number of ether oxygens (including phenoxy) is 1. The second kappa shape index (κ2) is 9.85. The number of rotatable bonds is 7. The van der Waals surface area contributed by atoms with Crippen molar-refractivity contribution in [1.82, 2.24) is 5.43 Å². The van der Waals surface area contributed by atoms with Crippen LogP contribution in [0.4, 0.5) is 0 Å². The van der Waals surface area contributed by atoms with Gasteiger partial charge in [0, 0.05) is 10.0 Å². The standard InChI is InChI=1S/C23H21BrN2O2/c1-17-6-8-18(9-7-17)14-23(27)26-25-15-20-4-2-3-5-22(20)28-16-19-10-12-21(24)13-11-19/h2-13,15H,14,16H2,1H3,(H,26,27)/b25-15+. The van der Waals surface area contributed by atoms with Crippen LogP contribution in [-0.2, 0) is 17.8 Å². The smallest absolute Gasteiger partial charge is 0.244 e. The first kappa shape index (κ1) is 19.8. The molecule has 3 rings (SSSR count). The first-order valence-electron chi connectivity index (χ1n) is 8.94. The van der Waals surface area contributed by atoms with Crippen LogP contribution in [0.1, 0.15) is 22.3 Å². The molecule has 142 valence electrons. The Morgan fingerprint density at radius 3 is 2.43 bits per heavy atom. The predicted molar refractivity (Wildman–Crippen MR) is 116 cm³/mol. The monoisotopic (exact) mass is 436 g/mol. The van der Waals surface area contributed by atoms with Gasteiger partial charge in [-0.05, 0) is 42.3 Å². The number of para-hydroxylation sites is 1. The molecule has 28 heavy (non-hydrogen) atoms. The number of carbonyl (C=O) groups is 1. The van der Waals surface area contributed by atoms with Gasteiger partial charge >= 0.3 is 0 Å². The molecular weight excluding hydrogens is 416 g/mol. The fourth-order valence-corrected chi connectivity index (χ4v) is 2.83. The topological polar surface area (TPSA) is 50.7 Å². The molecule has 0 aromatic heterocycles. The van der Waals surface area contributed by atoms with Crippen molar-refractivity contribution in [3.8, 4) is 5.75 Å². The lowest BCUT2D eigenvalue weighted by molar-refractivity contribution is -0.120. The number of carbonyl (C=O) groups excluding carboxylic acids is 1. The van der Waals surface area contributed by atoms with Crippen LogP contribution in [0, 0.1) is 6.92 Å². The van der Waals surface area contributed by atoms with Crippen molar-refractivity contribution in [1.29, 1.82) is 0 Å².